The number of aliphatic hydroxyl groups excluding tert-OH is 1. The van der Waals surface area contributed by atoms with Crippen LogP contribution in [0.25, 0.3) is 11.1 Å². The molecule has 3 rings (SSSR count). The number of unbranched alkanes of at least 4 members (excludes halogenated alkanes) is 12. The maximum atomic E-state index is 14.2. The average Bonchev–Trinajstić information content (AvgIpc) is 3.29. The number of fused-ring (bicyclic) bond motifs is 5. The van der Waals surface area contributed by atoms with Gasteiger partial charge in [0.2, 0.25) is 23.6 Å². The van der Waals surface area contributed by atoms with Crippen LogP contribution in [0.1, 0.15) is 147 Å². The van der Waals surface area contributed by atoms with Crippen LogP contribution < -0.4 is 16.4 Å². The first-order chi connectivity index (χ1) is 31.5. The molecule has 0 saturated heterocycles. The highest BCUT2D eigenvalue weighted by molar-refractivity contribution is 5.96. The second kappa shape index (κ2) is 28.6. The summed E-state index contributed by atoms with van der Waals surface area (Å²) in [6.07, 6.45) is 14.3. The highest BCUT2D eigenvalue weighted by Gasteiger charge is 2.34. The lowest BCUT2D eigenvalue weighted by Crippen LogP contribution is -2.53. The molecule has 0 saturated carbocycles. The quantitative estimate of drug-likeness (QED) is 0.0502. The van der Waals surface area contributed by atoms with Crippen LogP contribution in [0.2, 0.25) is 0 Å². The van der Waals surface area contributed by atoms with Gasteiger partial charge in [-0.1, -0.05) is 103 Å². The van der Waals surface area contributed by atoms with E-state index in [0.717, 1.165) is 24.2 Å². The second-order valence-electron chi connectivity index (χ2n) is 17.7. The molecule has 0 spiro atoms. The predicted molar refractivity (Wildman–Crippen MR) is 251 cm³/mol. The van der Waals surface area contributed by atoms with Gasteiger partial charge in [-0.25, -0.2) is 4.79 Å². The van der Waals surface area contributed by atoms with Gasteiger partial charge in [-0.3, -0.25) is 28.8 Å². The van der Waals surface area contributed by atoms with Gasteiger partial charge < -0.3 is 46.2 Å². The monoisotopic (exact) mass is 922 g/mol. The number of rotatable bonds is 26. The highest BCUT2D eigenvalue weighted by atomic mass is 16.5. The van der Waals surface area contributed by atoms with Crippen LogP contribution in [0.3, 0.4) is 0 Å². The number of hydrogen-bond acceptors (Lipinski definition) is 12. The normalized spacial score (nSPS) is 17.2. The number of nitrogens with two attached hydrogens (primary N) is 1. The standard InChI is InChI=1S/C50H75N5O11/c1-6-7-8-9-10-11-12-13-14-15-16-17-18-19-45(61)54(4)40(32-56)49(64)52-34(3)41(57)24-25-46(62)55(5)47-36-21-23-43(59)38(31-36)37-29-35(20-22-42(37)58)30-39(50(65)66-27-26-51)53-48(63)33(2)28-44(47)60/h20-23,29,31,33-34,39-40,47,56,58-59H,6-19,24-28,30,32,51H2,1-5H3,(H,52,64)(H,53,63)/t33-,34-,39+,40-,47+/m1/s1. The summed E-state index contributed by atoms with van der Waals surface area (Å²) in [5, 5.41) is 37.2. The average molecular weight is 922 g/mol. The number of hydrogen-bond donors (Lipinski definition) is 6. The van der Waals surface area contributed by atoms with Crippen molar-refractivity contribution in [2.24, 2.45) is 11.7 Å². The fourth-order valence-corrected chi connectivity index (χ4v) is 8.18. The van der Waals surface area contributed by atoms with Gasteiger partial charge >= 0.3 is 5.97 Å². The number of esters is 1. The molecule has 4 amide bonds. The van der Waals surface area contributed by atoms with Crippen molar-refractivity contribution in [3.8, 4) is 22.6 Å². The summed E-state index contributed by atoms with van der Waals surface area (Å²) in [7, 11) is 2.82. The first kappa shape index (κ1) is 55.0. The van der Waals surface area contributed by atoms with E-state index < -0.39 is 71.9 Å². The second-order valence-corrected chi connectivity index (χ2v) is 17.7. The Morgan fingerprint density at radius 3 is 1.97 bits per heavy atom. The molecule has 366 valence electrons. The Hall–Kier alpha value is -5.35. The maximum Gasteiger partial charge on any atom is 0.329 e. The predicted octanol–water partition coefficient (Wildman–Crippen LogP) is 5.56. The van der Waals surface area contributed by atoms with Crippen molar-refractivity contribution in [1.82, 2.24) is 20.4 Å². The Labute approximate surface area is 390 Å². The summed E-state index contributed by atoms with van der Waals surface area (Å²) in [6.45, 7) is 4.48. The number of phenolic OH excluding ortho intramolecular Hbond substituents is 2. The summed E-state index contributed by atoms with van der Waals surface area (Å²) in [5.41, 5.74) is 6.58. The van der Waals surface area contributed by atoms with Gasteiger partial charge in [0.1, 0.15) is 36.2 Å². The molecule has 2 aromatic carbocycles. The third-order valence-corrected chi connectivity index (χ3v) is 12.4. The van der Waals surface area contributed by atoms with Crippen molar-refractivity contribution in [3.63, 3.8) is 0 Å². The summed E-state index contributed by atoms with van der Waals surface area (Å²) in [4.78, 5) is 96.3. The number of benzene rings is 2. The molecule has 4 bridgehead atoms. The zero-order valence-electron chi connectivity index (χ0n) is 39.8. The third kappa shape index (κ3) is 17.1. The van der Waals surface area contributed by atoms with E-state index in [0.29, 0.717) is 12.0 Å². The molecule has 16 nitrogen and oxygen atoms in total. The van der Waals surface area contributed by atoms with Crippen LogP contribution in [0.15, 0.2) is 36.4 Å². The van der Waals surface area contributed by atoms with Crippen LogP contribution >= 0.6 is 0 Å². The zero-order chi connectivity index (χ0) is 48.8. The molecule has 66 heavy (non-hydrogen) atoms. The van der Waals surface area contributed by atoms with Crippen LogP contribution in [0.4, 0.5) is 0 Å². The fraction of sp³-hybridized carbons (Fsp3) is 0.620. The van der Waals surface area contributed by atoms with Crippen LogP contribution in [-0.4, -0.2) is 118 Å². The van der Waals surface area contributed by atoms with Crippen molar-refractivity contribution >= 4 is 41.2 Å². The Morgan fingerprint density at radius 1 is 0.803 bits per heavy atom. The van der Waals surface area contributed by atoms with Gasteiger partial charge in [0.05, 0.1) is 12.6 Å². The number of aliphatic hydroxyl groups is 1. The number of nitrogens with one attached hydrogen (secondary N) is 2. The minimum absolute atomic E-state index is 0.0390. The molecule has 0 fully saturated rings. The topological polar surface area (TPSA) is 246 Å². The van der Waals surface area contributed by atoms with Crippen LogP contribution in [0.5, 0.6) is 11.5 Å². The molecule has 5 atom stereocenters. The number of phenols is 2. The first-order valence-corrected chi connectivity index (χ1v) is 23.8. The van der Waals surface area contributed by atoms with Gasteiger partial charge in [0.15, 0.2) is 11.6 Å². The van der Waals surface area contributed by atoms with Gasteiger partial charge in [-0.05, 0) is 48.7 Å². The minimum Gasteiger partial charge on any atom is -0.507 e. The smallest absolute Gasteiger partial charge is 0.329 e. The van der Waals surface area contributed by atoms with Gasteiger partial charge in [0, 0.05) is 69.8 Å². The summed E-state index contributed by atoms with van der Waals surface area (Å²) in [6, 6.07) is 3.92. The summed E-state index contributed by atoms with van der Waals surface area (Å²) < 4.78 is 5.23. The highest BCUT2D eigenvalue weighted by Crippen LogP contribution is 2.39. The maximum absolute atomic E-state index is 14.2. The Balaban J connectivity index is 1.63. The molecule has 1 heterocycles. The lowest BCUT2D eigenvalue weighted by atomic mass is 9.89. The van der Waals surface area contributed by atoms with Crippen molar-refractivity contribution in [3.05, 3.63) is 47.5 Å². The molecule has 2 aromatic rings. The lowest BCUT2D eigenvalue weighted by Gasteiger charge is -2.30. The van der Waals surface area contributed by atoms with E-state index in [1.165, 1.54) is 121 Å². The fourth-order valence-electron chi connectivity index (χ4n) is 8.18. The number of Topliss-reactive ketones (excluding diaryl/α,β-unsaturated/α-hetero) is 2. The number of amides is 4. The SMILES string of the molecule is CCCCCCCCCCCCCCCC(=O)N(C)[C@H](CO)C(=O)N[C@H](C)C(=O)CCC(=O)N(C)[C@@H]1C(=O)C[C@@H](C)C(=O)N[C@H](C(=O)OCCN)Cc2ccc(O)c(c2)-c2cc1ccc2O. The van der Waals surface area contributed by atoms with Crippen LogP contribution in [-0.2, 0) is 44.7 Å². The first-order valence-electron chi connectivity index (χ1n) is 23.8. The number of aromatic hydroxyl groups is 2. The molecule has 1 aliphatic rings. The Bertz CT molecular complexity index is 1940. The van der Waals surface area contributed by atoms with Crippen molar-refractivity contribution in [1.29, 1.82) is 0 Å². The number of likely N-dealkylation sites (N-methyl/N-ethyl adjacent to an activating group) is 2. The summed E-state index contributed by atoms with van der Waals surface area (Å²) >= 11 is 0. The van der Waals surface area contributed by atoms with E-state index in [2.05, 4.69) is 17.6 Å². The van der Waals surface area contributed by atoms with E-state index >= 15 is 0 Å². The molecular formula is C50H75N5O11. The number of ether oxygens (including phenoxy) is 1. The zero-order valence-corrected chi connectivity index (χ0v) is 39.8. The largest absolute Gasteiger partial charge is 0.507 e. The molecular weight excluding hydrogens is 847 g/mol. The molecule has 16 heteroatoms. The minimum atomic E-state index is -1.31. The number of carbonyl (C=O) groups excluding carboxylic acids is 7. The van der Waals surface area contributed by atoms with Crippen molar-refractivity contribution in [2.75, 3.05) is 33.9 Å². The molecule has 1 aliphatic heterocycles. The van der Waals surface area contributed by atoms with E-state index in [-0.39, 0.29) is 79.4 Å². The number of ketones is 2. The Morgan fingerprint density at radius 2 is 1.38 bits per heavy atom. The summed E-state index contributed by atoms with van der Waals surface area (Å²) in [5.74, 6) is -5.50. The molecule has 7 N–H and O–H groups in total. The van der Waals surface area contributed by atoms with E-state index in [1.807, 2.05) is 0 Å². The molecule has 0 radical (unpaired) electrons. The van der Waals surface area contributed by atoms with Gasteiger partial charge in [0.25, 0.3) is 0 Å². The van der Waals surface area contributed by atoms with Crippen LogP contribution in [0, 0.1) is 5.92 Å². The third-order valence-electron chi connectivity index (χ3n) is 12.4. The Kier molecular flexibility index (Phi) is 23.9. The molecule has 0 unspecified atom stereocenters. The van der Waals surface area contributed by atoms with E-state index in [1.54, 1.807) is 6.07 Å². The van der Waals surface area contributed by atoms with Crippen molar-refractivity contribution in [2.45, 2.75) is 161 Å². The van der Waals surface area contributed by atoms with Crippen molar-refractivity contribution < 1.29 is 53.6 Å². The number of carbonyl (C=O) groups is 7. The van der Waals surface area contributed by atoms with E-state index in [4.69, 9.17) is 10.5 Å². The van der Waals surface area contributed by atoms with E-state index in [9.17, 15) is 48.9 Å². The lowest BCUT2D eigenvalue weighted by molar-refractivity contribution is -0.148. The molecule has 0 aliphatic carbocycles. The number of nitrogens with zero attached hydrogens (tertiary/aromatic N) is 2. The van der Waals surface area contributed by atoms with Gasteiger partial charge in [-0.2, -0.15) is 0 Å². The van der Waals surface area contributed by atoms with Gasteiger partial charge in [-0.15, -0.1) is 0 Å². The molecule has 0 aromatic heterocycles.